The molecule has 7 nitrogen and oxygen atoms in total. The number of phenols is 1. The largest absolute Gasteiger partial charge is 0.507 e. The first-order chi connectivity index (χ1) is 15.5. The molecule has 3 N–H and O–H groups in total. The number of hydrogen-bond donors (Lipinski definition) is 3. The van der Waals surface area contributed by atoms with Gasteiger partial charge in [0.2, 0.25) is 0 Å². The maximum Gasteiger partial charge on any atom is 0.281 e. The number of nitrogens with zero attached hydrogens (tertiary/aromatic N) is 2. The number of aromatic amines is 1. The Hall–Kier alpha value is -4.46. The molecule has 4 rings (SSSR count). The third-order valence-corrected chi connectivity index (χ3v) is 4.86. The van der Waals surface area contributed by atoms with Gasteiger partial charge in [0, 0.05) is 11.3 Å². The number of carbonyl (C=O) groups excluding carboxylic acids is 1. The Bertz CT molecular complexity index is 1360. The molecule has 0 fully saturated rings. The molecule has 0 aliphatic carbocycles. The first kappa shape index (κ1) is 20.8. The van der Waals surface area contributed by atoms with E-state index in [1.807, 2.05) is 6.07 Å². The van der Waals surface area contributed by atoms with Crippen molar-refractivity contribution in [3.8, 4) is 11.4 Å². The summed E-state index contributed by atoms with van der Waals surface area (Å²) in [5.74, 6) is -1.30. The molecular formula is C24H19FN4O3. The zero-order valence-corrected chi connectivity index (χ0v) is 17.0. The number of nitrogens with one attached hydrogen (secondary N) is 2. The SMILES string of the molecule is Cc1[nH]n(-c2ccccc2)c(=O)c1/C(=N\NC(=O)c1ccccc1O)c1ccc(F)cc1. The Morgan fingerprint density at radius 2 is 1.66 bits per heavy atom. The fourth-order valence-corrected chi connectivity index (χ4v) is 3.29. The summed E-state index contributed by atoms with van der Waals surface area (Å²) < 4.78 is 14.9. The van der Waals surface area contributed by atoms with Crippen molar-refractivity contribution < 1.29 is 14.3 Å². The van der Waals surface area contributed by atoms with Gasteiger partial charge in [-0.05, 0) is 55.5 Å². The number of hydrazone groups is 1. The minimum Gasteiger partial charge on any atom is -0.507 e. The molecule has 0 bridgehead atoms. The van der Waals surface area contributed by atoms with Crippen LogP contribution >= 0.6 is 0 Å². The van der Waals surface area contributed by atoms with E-state index in [9.17, 15) is 19.1 Å². The van der Waals surface area contributed by atoms with E-state index in [1.54, 1.807) is 43.3 Å². The first-order valence-electron chi connectivity index (χ1n) is 9.75. The quantitative estimate of drug-likeness (QED) is 0.334. The van der Waals surface area contributed by atoms with Gasteiger partial charge in [0.25, 0.3) is 11.5 Å². The van der Waals surface area contributed by atoms with Crippen LogP contribution < -0.4 is 11.0 Å². The Kier molecular flexibility index (Phi) is 5.67. The fraction of sp³-hybridized carbons (Fsp3) is 0.0417. The number of benzene rings is 3. The lowest BCUT2D eigenvalue weighted by Crippen LogP contribution is -2.25. The van der Waals surface area contributed by atoms with Crippen LogP contribution in [0, 0.1) is 12.7 Å². The molecule has 4 aromatic rings. The maximum atomic E-state index is 13.5. The molecule has 0 aliphatic heterocycles. The number of H-pyrrole nitrogens is 1. The number of phenolic OH excluding ortho intramolecular Hbond substituents is 1. The molecule has 8 heteroatoms. The lowest BCUT2D eigenvalue weighted by Gasteiger charge is -2.07. The Morgan fingerprint density at radius 3 is 2.34 bits per heavy atom. The zero-order valence-electron chi connectivity index (χ0n) is 17.0. The standard InChI is InChI=1S/C24H19FN4O3/c1-15-21(24(32)29(28-15)18-7-3-2-4-8-18)22(16-11-13-17(25)14-12-16)26-27-23(31)19-9-5-6-10-20(19)30/h2-14,28,30H,1H3,(H,27,31)/b26-22-. The molecular weight excluding hydrogens is 411 g/mol. The summed E-state index contributed by atoms with van der Waals surface area (Å²) in [6, 6.07) is 20.5. The van der Waals surface area contributed by atoms with Crippen molar-refractivity contribution in [3.05, 3.63) is 117 Å². The molecule has 1 aromatic heterocycles. The van der Waals surface area contributed by atoms with Crippen LogP contribution in [0.5, 0.6) is 5.75 Å². The van der Waals surface area contributed by atoms with Crippen LogP contribution in [0.2, 0.25) is 0 Å². The van der Waals surface area contributed by atoms with Crippen molar-refractivity contribution in [2.24, 2.45) is 5.10 Å². The van der Waals surface area contributed by atoms with Crippen molar-refractivity contribution in [3.63, 3.8) is 0 Å². The maximum absolute atomic E-state index is 13.5. The number of para-hydroxylation sites is 2. The van der Waals surface area contributed by atoms with Crippen molar-refractivity contribution in [1.29, 1.82) is 0 Å². The topological polar surface area (TPSA) is 99.5 Å². The summed E-state index contributed by atoms with van der Waals surface area (Å²) in [4.78, 5) is 25.8. The summed E-state index contributed by atoms with van der Waals surface area (Å²) in [6.45, 7) is 1.71. The van der Waals surface area contributed by atoms with Crippen LogP contribution in [0.15, 0.2) is 88.8 Å². The molecule has 1 heterocycles. The van der Waals surface area contributed by atoms with E-state index in [0.717, 1.165) is 0 Å². The molecule has 0 atom stereocenters. The summed E-state index contributed by atoms with van der Waals surface area (Å²) in [6.07, 6.45) is 0. The number of aryl methyl sites for hydroxylation is 1. The van der Waals surface area contributed by atoms with Gasteiger partial charge in [-0.2, -0.15) is 5.10 Å². The number of carbonyl (C=O) groups is 1. The molecule has 0 unspecified atom stereocenters. The third kappa shape index (κ3) is 4.06. The van der Waals surface area contributed by atoms with Gasteiger partial charge in [-0.25, -0.2) is 14.5 Å². The van der Waals surface area contributed by atoms with E-state index in [-0.39, 0.29) is 28.1 Å². The van der Waals surface area contributed by atoms with Crippen LogP contribution in [0.3, 0.4) is 0 Å². The summed E-state index contributed by atoms with van der Waals surface area (Å²) >= 11 is 0. The van der Waals surface area contributed by atoms with Crippen LogP contribution in [0.4, 0.5) is 4.39 Å². The summed E-state index contributed by atoms with van der Waals surface area (Å²) in [5, 5.41) is 17.1. The molecule has 3 aromatic carbocycles. The molecule has 32 heavy (non-hydrogen) atoms. The van der Waals surface area contributed by atoms with Crippen molar-refractivity contribution in [2.45, 2.75) is 6.92 Å². The van der Waals surface area contributed by atoms with Crippen LogP contribution in [0.25, 0.3) is 5.69 Å². The molecule has 0 aliphatic rings. The lowest BCUT2D eigenvalue weighted by atomic mass is 10.0. The fourth-order valence-electron chi connectivity index (χ4n) is 3.29. The van der Waals surface area contributed by atoms with Gasteiger partial charge in [0.1, 0.15) is 17.3 Å². The third-order valence-electron chi connectivity index (χ3n) is 4.86. The molecule has 0 saturated heterocycles. The number of aromatic nitrogens is 2. The molecule has 0 spiro atoms. The second-order valence-corrected chi connectivity index (χ2v) is 7.01. The van der Waals surface area contributed by atoms with E-state index in [2.05, 4.69) is 15.6 Å². The predicted octanol–water partition coefficient (Wildman–Crippen LogP) is 3.50. The monoisotopic (exact) mass is 430 g/mol. The van der Waals surface area contributed by atoms with E-state index < -0.39 is 11.7 Å². The predicted molar refractivity (Wildman–Crippen MR) is 119 cm³/mol. The van der Waals surface area contributed by atoms with E-state index in [0.29, 0.717) is 16.9 Å². The highest BCUT2D eigenvalue weighted by atomic mass is 19.1. The van der Waals surface area contributed by atoms with Gasteiger partial charge in [0.15, 0.2) is 0 Å². The highest BCUT2D eigenvalue weighted by Crippen LogP contribution is 2.16. The molecule has 0 saturated carbocycles. The second-order valence-electron chi connectivity index (χ2n) is 7.01. The van der Waals surface area contributed by atoms with Gasteiger partial charge < -0.3 is 5.11 Å². The number of amides is 1. The molecule has 1 amide bonds. The Balaban J connectivity index is 1.81. The van der Waals surface area contributed by atoms with Crippen LogP contribution in [0.1, 0.15) is 27.2 Å². The molecule has 0 radical (unpaired) electrons. The summed E-state index contributed by atoms with van der Waals surface area (Å²) in [5.41, 5.74) is 3.99. The van der Waals surface area contributed by atoms with Gasteiger partial charge in [0.05, 0.1) is 16.8 Å². The van der Waals surface area contributed by atoms with Gasteiger partial charge in [-0.15, -0.1) is 0 Å². The minimum atomic E-state index is -0.653. The zero-order chi connectivity index (χ0) is 22.7. The number of rotatable bonds is 5. The van der Waals surface area contributed by atoms with Crippen molar-refractivity contribution in [2.75, 3.05) is 0 Å². The Morgan fingerprint density at radius 1 is 1.00 bits per heavy atom. The van der Waals surface area contributed by atoms with Crippen LogP contribution in [-0.4, -0.2) is 26.5 Å². The Labute approximate surface area is 182 Å². The highest BCUT2D eigenvalue weighted by Gasteiger charge is 2.20. The van der Waals surface area contributed by atoms with E-state index >= 15 is 0 Å². The highest BCUT2D eigenvalue weighted by molar-refractivity contribution is 6.14. The number of hydrogen-bond acceptors (Lipinski definition) is 4. The van der Waals surface area contributed by atoms with Crippen molar-refractivity contribution >= 4 is 11.6 Å². The van der Waals surface area contributed by atoms with Gasteiger partial charge in [-0.3, -0.25) is 14.7 Å². The average Bonchev–Trinajstić information content (AvgIpc) is 3.10. The van der Waals surface area contributed by atoms with E-state index in [4.69, 9.17) is 0 Å². The van der Waals surface area contributed by atoms with Gasteiger partial charge >= 0.3 is 0 Å². The smallest absolute Gasteiger partial charge is 0.281 e. The number of halogens is 1. The van der Waals surface area contributed by atoms with E-state index in [1.165, 1.54) is 41.1 Å². The normalized spacial score (nSPS) is 11.4. The van der Waals surface area contributed by atoms with Gasteiger partial charge in [-0.1, -0.05) is 30.3 Å². The summed E-state index contributed by atoms with van der Waals surface area (Å²) in [7, 11) is 0. The first-order valence-corrected chi connectivity index (χ1v) is 9.75. The van der Waals surface area contributed by atoms with Crippen LogP contribution in [-0.2, 0) is 0 Å². The molecule has 160 valence electrons. The average molecular weight is 430 g/mol. The second kappa shape index (κ2) is 8.73. The van der Waals surface area contributed by atoms with Crippen molar-refractivity contribution in [1.82, 2.24) is 15.2 Å². The minimum absolute atomic E-state index is 0.0298. The lowest BCUT2D eigenvalue weighted by molar-refractivity contribution is 0.0952. The number of aromatic hydroxyl groups is 1.